The van der Waals surface area contributed by atoms with Crippen molar-refractivity contribution >= 4 is 17.4 Å². The van der Waals surface area contributed by atoms with E-state index in [9.17, 15) is 0 Å². The zero-order chi connectivity index (χ0) is 14.2. The Morgan fingerprint density at radius 2 is 1.90 bits per heavy atom. The minimum Gasteiger partial charge on any atom is -0.370 e. The summed E-state index contributed by atoms with van der Waals surface area (Å²) in [6.07, 6.45) is 4.01. The number of aryl methyl sites for hydroxylation is 2. The number of benzene rings is 1. The molecule has 0 atom stereocenters. The van der Waals surface area contributed by atoms with Crippen LogP contribution in [0, 0.1) is 0 Å². The molecule has 0 saturated carbocycles. The van der Waals surface area contributed by atoms with Crippen molar-refractivity contribution in [3.63, 3.8) is 0 Å². The topological polar surface area (TPSA) is 37.8 Å². The number of halogens is 1. The van der Waals surface area contributed by atoms with Crippen molar-refractivity contribution in [2.45, 2.75) is 32.6 Å². The Labute approximate surface area is 125 Å². The van der Waals surface area contributed by atoms with Crippen LogP contribution in [0.15, 0.2) is 36.4 Å². The molecule has 1 aromatic heterocycles. The van der Waals surface area contributed by atoms with Gasteiger partial charge in [-0.25, -0.2) is 9.97 Å². The van der Waals surface area contributed by atoms with Crippen LogP contribution in [-0.4, -0.2) is 16.5 Å². The summed E-state index contributed by atoms with van der Waals surface area (Å²) in [5, 5.41) is 3.83. The number of anilines is 1. The summed E-state index contributed by atoms with van der Waals surface area (Å²) in [6.45, 7) is 2.99. The highest BCUT2D eigenvalue weighted by atomic mass is 35.5. The third kappa shape index (κ3) is 4.82. The van der Waals surface area contributed by atoms with Gasteiger partial charge in [-0.15, -0.1) is 0 Å². The molecule has 20 heavy (non-hydrogen) atoms. The molecule has 0 fully saturated rings. The molecule has 4 heteroatoms. The number of hydrogen-bond acceptors (Lipinski definition) is 3. The molecule has 0 unspecified atom stereocenters. The molecule has 0 amide bonds. The average Bonchev–Trinajstić information content (AvgIpc) is 2.45. The van der Waals surface area contributed by atoms with Crippen LogP contribution in [0.5, 0.6) is 0 Å². The number of nitrogens with one attached hydrogen (secondary N) is 1. The highest BCUT2D eigenvalue weighted by molar-refractivity contribution is 6.29. The predicted molar refractivity (Wildman–Crippen MR) is 84.3 cm³/mol. The lowest BCUT2D eigenvalue weighted by Crippen LogP contribution is -2.07. The van der Waals surface area contributed by atoms with Gasteiger partial charge in [0.25, 0.3) is 0 Å². The molecule has 1 aromatic carbocycles. The molecule has 1 heterocycles. The normalized spacial score (nSPS) is 10.5. The van der Waals surface area contributed by atoms with E-state index in [1.165, 1.54) is 5.56 Å². The van der Waals surface area contributed by atoms with Crippen LogP contribution < -0.4 is 5.32 Å². The summed E-state index contributed by atoms with van der Waals surface area (Å²) in [5.41, 5.74) is 1.36. The van der Waals surface area contributed by atoms with Gasteiger partial charge in [0.1, 0.15) is 16.8 Å². The van der Waals surface area contributed by atoms with Crippen LogP contribution in [0.25, 0.3) is 0 Å². The lowest BCUT2D eigenvalue weighted by atomic mass is 10.1. The number of rotatable bonds is 7. The van der Waals surface area contributed by atoms with E-state index in [1.54, 1.807) is 6.07 Å². The van der Waals surface area contributed by atoms with E-state index in [0.29, 0.717) is 5.15 Å². The molecule has 0 aliphatic heterocycles. The SMILES string of the molecule is CCCc1nc(Cl)cc(NCCCc2ccccc2)n1. The average molecular weight is 290 g/mol. The van der Waals surface area contributed by atoms with Crippen LogP contribution in [0.4, 0.5) is 5.82 Å². The van der Waals surface area contributed by atoms with Gasteiger partial charge in [0.15, 0.2) is 0 Å². The standard InChI is InChI=1S/C16H20ClN3/c1-2-7-15-19-14(17)12-16(20-15)18-11-6-10-13-8-4-3-5-9-13/h3-5,8-9,12H,2,6-7,10-11H2,1H3,(H,18,19,20). The highest BCUT2D eigenvalue weighted by Gasteiger charge is 2.02. The van der Waals surface area contributed by atoms with Gasteiger partial charge in [0.2, 0.25) is 0 Å². The number of hydrogen-bond donors (Lipinski definition) is 1. The summed E-state index contributed by atoms with van der Waals surface area (Å²) in [5.74, 6) is 1.63. The summed E-state index contributed by atoms with van der Waals surface area (Å²) in [7, 11) is 0. The Balaban J connectivity index is 1.81. The van der Waals surface area contributed by atoms with Gasteiger partial charge < -0.3 is 5.32 Å². The summed E-state index contributed by atoms with van der Waals surface area (Å²) in [4.78, 5) is 8.67. The molecule has 0 saturated heterocycles. The number of nitrogens with zero attached hydrogens (tertiary/aromatic N) is 2. The van der Waals surface area contributed by atoms with Crippen molar-refractivity contribution < 1.29 is 0 Å². The smallest absolute Gasteiger partial charge is 0.134 e. The van der Waals surface area contributed by atoms with E-state index >= 15 is 0 Å². The molecule has 3 nitrogen and oxygen atoms in total. The van der Waals surface area contributed by atoms with Gasteiger partial charge in [-0.2, -0.15) is 0 Å². The Morgan fingerprint density at radius 1 is 1.10 bits per heavy atom. The fourth-order valence-electron chi connectivity index (χ4n) is 2.04. The minimum absolute atomic E-state index is 0.508. The Bertz CT molecular complexity index is 529. The van der Waals surface area contributed by atoms with E-state index in [4.69, 9.17) is 11.6 Å². The van der Waals surface area contributed by atoms with Crippen molar-refractivity contribution in [1.29, 1.82) is 0 Å². The lowest BCUT2D eigenvalue weighted by molar-refractivity contribution is 0.823. The molecule has 0 bridgehead atoms. The van der Waals surface area contributed by atoms with Crippen LogP contribution in [0.2, 0.25) is 5.15 Å². The number of aromatic nitrogens is 2. The van der Waals surface area contributed by atoms with Crippen molar-refractivity contribution in [1.82, 2.24) is 9.97 Å². The van der Waals surface area contributed by atoms with Gasteiger partial charge in [0, 0.05) is 19.0 Å². The molecular weight excluding hydrogens is 270 g/mol. The molecule has 0 radical (unpaired) electrons. The highest BCUT2D eigenvalue weighted by Crippen LogP contribution is 2.13. The maximum atomic E-state index is 6.00. The second kappa shape index (κ2) is 7.85. The lowest BCUT2D eigenvalue weighted by Gasteiger charge is -2.07. The first-order chi connectivity index (χ1) is 9.78. The van der Waals surface area contributed by atoms with Gasteiger partial charge in [-0.1, -0.05) is 48.9 Å². The zero-order valence-electron chi connectivity index (χ0n) is 11.8. The first-order valence-corrected chi connectivity index (χ1v) is 7.47. The molecule has 0 spiro atoms. The van der Waals surface area contributed by atoms with Crippen molar-refractivity contribution in [2.75, 3.05) is 11.9 Å². The monoisotopic (exact) mass is 289 g/mol. The molecule has 2 rings (SSSR count). The van der Waals surface area contributed by atoms with Crippen LogP contribution >= 0.6 is 11.6 Å². The maximum Gasteiger partial charge on any atom is 0.134 e. The second-order valence-electron chi connectivity index (χ2n) is 4.76. The molecule has 2 aromatic rings. The fraction of sp³-hybridized carbons (Fsp3) is 0.375. The van der Waals surface area contributed by atoms with E-state index in [-0.39, 0.29) is 0 Å². The largest absolute Gasteiger partial charge is 0.370 e. The quantitative estimate of drug-likeness (QED) is 0.615. The fourth-order valence-corrected chi connectivity index (χ4v) is 2.25. The van der Waals surface area contributed by atoms with Crippen molar-refractivity contribution in [3.8, 4) is 0 Å². The van der Waals surface area contributed by atoms with Crippen LogP contribution in [0.3, 0.4) is 0 Å². The Hall–Kier alpha value is -1.61. The van der Waals surface area contributed by atoms with Crippen LogP contribution in [0.1, 0.15) is 31.2 Å². The van der Waals surface area contributed by atoms with E-state index < -0.39 is 0 Å². The first-order valence-electron chi connectivity index (χ1n) is 7.09. The molecule has 1 N–H and O–H groups in total. The third-order valence-electron chi connectivity index (χ3n) is 3.01. The maximum absolute atomic E-state index is 6.00. The van der Waals surface area contributed by atoms with Crippen molar-refractivity contribution in [2.24, 2.45) is 0 Å². The van der Waals surface area contributed by atoms with Gasteiger partial charge in [-0.05, 0) is 24.8 Å². The molecule has 0 aliphatic carbocycles. The molecule has 0 aliphatic rings. The molecule has 106 valence electrons. The minimum atomic E-state index is 0.508. The zero-order valence-corrected chi connectivity index (χ0v) is 12.5. The van der Waals surface area contributed by atoms with Gasteiger partial charge in [0.05, 0.1) is 0 Å². The van der Waals surface area contributed by atoms with E-state index in [1.807, 2.05) is 6.07 Å². The predicted octanol–water partition coefficient (Wildman–Crippen LogP) is 4.13. The second-order valence-corrected chi connectivity index (χ2v) is 5.15. The summed E-state index contributed by atoms with van der Waals surface area (Å²) >= 11 is 6.00. The molecular formula is C16H20ClN3. The van der Waals surface area contributed by atoms with Crippen molar-refractivity contribution in [3.05, 3.63) is 52.9 Å². The van der Waals surface area contributed by atoms with E-state index in [0.717, 1.165) is 43.9 Å². The summed E-state index contributed by atoms with van der Waals surface area (Å²) in [6, 6.07) is 12.3. The third-order valence-corrected chi connectivity index (χ3v) is 3.20. The summed E-state index contributed by atoms with van der Waals surface area (Å²) < 4.78 is 0. The van der Waals surface area contributed by atoms with Crippen LogP contribution in [-0.2, 0) is 12.8 Å². The first kappa shape index (κ1) is 14.8. The van der Waals surface area contributed by atoms with E-state index in [2.05, 4.69) is 46.5 Å². The van der Waals surface area contributed by atoms with Gasteiger partial charge >= 0.3 is 0 Å². The Morgan fingerprint density at radius 3 is 2.65 bits per heavy atom. The van der Waals surface area contributed by atoms with Gasteiger partial charge in [-0.3, -0.25) is 0 Å². The Kier molecular flexibility index (Phi) is 5.81.